The van der Waals surface area contributed by atoms with Gasteiger partial charge in [-0.1, -0.05) is 30.3 Å². The van der Waals surface area contributed by atoms with Gasteiger partial charge < -0.3 is 50.6 Å². The lowest BCUT2D eigenvalue weighted by Gasteiger charge is -2.40. The predicted molar refractivity (Wildman–Crippen MR) is 134 cm³/mol. The molecule has 38 heavy (non-hydrogen) atoms. The Hall–Kier alpha value is -2.97. The van der Waals surface area contributed by atoms with Crippen molar-refractivity contribution >= 4 is 18.1 Å². The van der Waals surface area contributed by atoms with Crippen LogP contribution in [0.25, 0.3) is 0 Å². The number of alkyl carbamates (subject to hydrolysis) is 2. The van der Waals surface area contributed by atoms with Crippen molar-refractivity contribution in [3.63, 3.8) is 0 Å². The molecule has 0 aromatic heterocycles. The maximum atomic E-state index is 13.0. The van der Waals surface area contributed by atoms with E-state index in [0.29, 0.717) is 12.8 Å². The minimum absolute atomic E-state index is 0.130. The standard InChI is InChI=1S/C25H39N3O10/c1-25(2,3)38-24(35)27-16(21(32)28-18-20(31)19(30)17(13-29)37-22(18)33)11-7-8-12-26-23(34)36-14-15-9-5-4-6-10-15/h4-6,9-10,16-20,22,29-31,33H,7-8,11-14H2,1-3H3,(H,26,34)(H,27,35)(H,28,32)/t16-,17?,18?,19+,20-,22+/m0/s1. The Kier molecular flexibility index (Phi) is 12.2. The van der Waals surface area contributed by atoms with Crippen LogP contribution in [0.4, 0.5) is 9.59 Å². The zero-order chi connectivity index (χ0) is 28.3. The first-order valence-corrected chi connectivity index (χ1v) is 12.5. The topological polar surface area (TPSA) is 196 Å². The minimum atomic E-state index is -1.71. The molecule has 7 N–H and O–H groups in total. The Labute approximate surface area is 221 Å². The lowest BCUT2D eigenvalue weighted by atomic mass is 9.96. The van der Waals surface area contributed by atoms with Crippen LogP contribution in [0.1, 0.15) is 45.6 Å². The molecular formula is C25H39N3O10. The summed E-state index contributed by atoms with van der Waals surface area (Å²) in [5.41, 5.74) is 0.0324. The van der Waals surface area contributed by atoms with Crippen LogP contribution in [0, 0.1) is 0 Å². The summed E-state index contributed by atoms with van der Waals surface area (Å²) in [7, 11) is 0. The van der Waals surface area contributed by atoms with Gasteiger partial charge in [0, 0.05) is 6.54 Å². The number of aliphatic hydroxyl groups is 4. The van der Waals surface area contributed by atoms with Gasteiger partial charge in [0.25, 0.3) is 0 Å². The molecule has 3 amide bonds. The molecule has 2 rings (SSSR count). The third-order valence-corrected chi connectivity index (χ3v) is 5.62. The highest BCUT2D eigenvalue weighted by Crippen LogP contribution is 2.20. The third kappa shape index (κ3) is 10.4. The molecular weight excluding hydrogens is 502 g/mol. The van der Waals surface area contributed by atoms with Crippen LogP contribution in [0.3, 0.4) is 0 Å². The van der Waals surface area contributed by atoms with Gasteiger partial charge in [0.1, 0.15) is 42.6 Å². The smallest absolute Gasteiger partial charge is 0.408 e. The molecule has 214 valence electrons. The van der Waals surface area contributed by atoms with Crippen LogP contribution in [-0.4, -0.2) is 94.0 Å². The van der Waals surface area contributed by atoms with Crippen molar-refractivity contribution in [2.75, 3.05) is 13.2 Å². The van der Waals surface area contributed by atoms with Crippen molar-refractivity contribution in [1.29, 1.82) is 0 Å². The predicted octanol–water partition coefficient (Wildman–Crippen LogP) is -0.107. The first-order valence-electron chi connectivity index (χ1n) is 12.5. The fraction of sp³-hybridized carbons (Fsp3) is 0.640. The molecule has 1 fully saturated rings. The number of unbranched alkanes of at least 4 members (excludes halogenated alkanes) is 1. The maximum absolute atomic E-state index is 13.0. The quantitative estimate of drug-likeness (QED) is 0.186. The number of hydrogen-bond acceptors (Lipinski definition) is 10. The van der Waals surface area contributed by atoms with Gasteiger partial charge in [-0.15, -0.1) is 0 Å². The highest BCUT2D eigenvalue weighted by Gasteiger charge is 2.45. The third-order valence-electron chi connectivity index (χ3n) is 5.62. The van der Waals surface area contributed by atoms with Crippen molar-refractivity contribution in [2.24, 2.45) is 0 Å². The fourth-order valence-electron chi connectivity index (χ4n) is 3.67. The van der Waals surface area contributed by atoms with E-state index in [4.69, 9.17) is 14.2 Å². The van der Waals surface area contributed by atoms with Gasteiger partial charge in [-0.2, -0.15) is 0 Å². The van der Waals surface area contributed by atoms with E-state index in [2.05, 4.69) is 16.0 Å². The largest absolute Gasteiger partial charge is 0.445 e. The van der Waals surface area contributed by atoms with Gasteiger partial charge in [-0.25, -0.2) is 9.59 Å². The zero-order valence-corrected chi connectivity index (χ0v) is 21.8. The molecule has 0 aliphatic carbocycles. The summed E-state index contributed by atoms with van der Waals surface area (Å²) in [6.45, 7) is 4.73. The molecule has 0 radical (unpaired) electrons. The Morgan fingerprint density at radius 2 is 1.71 bits per heavy atom. The lowest BCUT2D eigenvalue weighted by Crippen LogP contribution is -2.65. The van der Waals surface area contributed by atoms with Crippen LogP contribution < -0.4 is 16.0 Å². The molecule has 13 nitrogen and oxygen atoms in total. The van der Waals surface area contributed by atoms with E-state index in [1.807, 2.05) is 30.3 Å². The van der Waals surface area contributed by atoms with Crippen molar-refractivity contribution < 1.29 is 49.0 Å². The van der Waals surface area contributed by atoms with Crippen molar-refractivity contribution in [2.45, 2.75) is 88.9 Å². The summed E-state index contributed by atoms with van der Waals surface area (Å²) >= 11 is 0. The first-order chi connectivity index (χ1) is 17.9. The Morgan fingerprint density at radius 1 is 1.03 bits per heavy atom. The lowest BCUT2D eigenvalue weighted by molar-refractivity contribution is -0.254. The number of carbonyl (C=O) groups excluding carboxylic acids is 3. The average molecular weight is 542 g/mol. The average Bonchev–Trinajstić information content (AvgIpc) is 2.86. The van der Waals surface area contributed by atoms with Gasteiger partial charge in [0.15, 0.2) is 6.29 Å². The first kappa shape index (κ1) is 31.2. The van der Waals surface area contributed by atoms with Crippen LogP contribution in [0.2, 0.25) is 0 Å². The number of benzene rings is 1. The summed E-state index contributed by atoms with van der Waals surface area (Å²) in [5.74, 6) is -0.757. The second-order valence-corrected chi connectivity index (χ2v) is 9.95. The number of rotatable bonds is 11. The number of ether oxygens (including phenoxy) is 3. The molecule has 0 bridgehead atoms. The van der Waals surface area contributed by atoms with Crippen LogP contribution in [0.5, 0.6) is 0 Å². The van der Waals surface area contributed by atoms with E-state index in [1.54, 1.807) is 20.8 Å². The van der Waals surface area contributed by atoms with E-state index >= 15 is 0 Å². The SMILES string of the molecule is CC(C)(C)OC(=O)N[C@@H](CCCCNC(=O)OCc1ccccc1)C(=O)NC1[C@H](O)OC(CO)[C@@H](O)[C@H]1O. The molecule has 1 aliphatic heterocycles. The maximum Gasteiger partial charge on any atom is 0.408 e. The molecule has 1 heterocycles. The second-order valence-electron chi connectivity index (χ2n) is 9.95. The van der Waals surface area contributed by atoms with Gasteiger partial charge in [0.05, 0.1) is 6.61 Å². The summed E-state index contributed by atoms with van der Waals surface area (Å²) in [6.07, 6.45) is -6.57. The molecule has 0 spiro atoms. The van der Waals surface area contributed by atoms with E-state index < -0.39 is 67.0 Å². The highest BCUT2D eigenvalue weighted by atomic mass is 16.6. The van der Waals surface area contributed by atoms with E-state index in [-0.39, 0.29) is 19.6 Å². The number of nitrogens with one attached hydrogen (secondary N) is 3. The number of aliphatic hydroxyl groups excluding tert-OH is 4. The second kappa shape index (κ2) is 14.8. The number of amides is 3. The van der Waals surface area contributed by atoms with Gasteiger partial charge >= 0.3 is 12.2 Å². The van der Waals surface area contributed by atoms with Crippen LogP contribution in [-0.2, 0) is 25.6 Å². The highest BCUT2D eigenvalue weighted by molar-refractivity contribution is 5.86. The van der Waals surface area contributed by atoms with Crippen molar-refractivity contribution in [1.82, 2.24) is 16.0 Å². The summed E-state index contributed by atoms with van der Waals surface area (Å²) in [6, 6.07) is 6.67. The van der Waals surface area contributed by atoms with Crippen molar-refractivity contribution in [3.8, 4) is 0 Å². The van der Waals surface area contributed by atoms with E-state index in [9.17, 15) is 34.8 Å². The van der Waals surface area contributed by atoms with Gasteiger partial charge in [-0.3, -0.25) is 4.79 Å². The Bertz CT molecular complexity index is 895. The summed E-state index contributed by atoms with van der Waals surface area (Å²) in [4.78, 5) is 37.2. The number of carbonyl (C=O) groups is 3. The monoisotopic (exact) mass is 541 g/mol. The molecule has 6 atom stereocenters. The fourth-order valence-corrected chi connectivity index (χ4v) is 3.67. The van der Waals surface area contributed by atoms with Gasteiger partial charge in [0.2, 0.25) is 5.91 Å². The molecule has 1 aromatic carbocycles. The molecule has 2 unspecified atom stereocenters. The summed E-state index contributed by atoms with van der Waals surface area (Å²) in [5, 5.41) is 47.2. The zero-order valence-electron chi connectivity index (χ0n) is 21.8. The van der Waals surface area contributed by atoms with Gasteiger partial charge in [-0.05, 0) is 45.6 Å². The molecule has 0 saturated carbocycles. The minimum Gasteiger partial charge on any atom is -0.445 e. The number of hydrogen-bond donors (Lipinski definition) is 7. The normalized spacial score (nSPS) is 24.1. The van der Waals surface area contributed by atoms with Crippen molar-refractivity contribution in [3.05, 3.63) is 35.9 Å². The molecule has 1 aliphatic rings. The molecule has 1 saturated heterocycles. The Balaban J connectivity index is 1.88. The van der Waals surface area contributed by atoms with E-state index in [1.165, 1.54) is 0 Å². The van der Waals surface area contributed by atoms with Crippen LogP contribution >= 0.6 is 0 Å². The van der Waals surface area contributed by atoms with Crippen LogP contribution in [0.15, 0.2) is 30.3 Å². The Morgan fingerprint density at radius 3 is 2.34 bits per heavy atom. The molecule has 13 heteroatoms. The van der Waals surface area contributed by atoms with E-state index in [0.717, 1.165) is 5.56 Å². The molecule has 1 aromatic rings. The summed E-state index contributed by atoms with van der Waals surface area (Å²) < 4.78 is 15.4.